The Morgan fingerprint density at radius 1 is 0.914 bits per heavy atom. The van der Waals surface area contributed by atoms with E-state index in [4.69, 9.17) is 18.9 Å². The van der Waals surface area contributed by atoms with E-state index in [1.165, 1.54) is 11.1 Å². The first-order chi connectivity index (χ1) is 17.1. The third-order valence-corrected chi connectivity index (χ3v) is 7.29. The number of esters is 1. The molecule has 2 heterocycles. The minimum absolute atomic E-state index is 0.215. The highest BCUT2D eigenvalue weighted by Crippen LogP contribution is 2.48. The maximum atomic E-state index is 13.4. The number of hydrogen-bond donors (Lipinski definition) is 0. The highest BCUT2D eigenvalue weighted by Gasteiger charge is 2.50. The Morgan fingerprint density at radius 3 is 2.37 bits per heavy atom. The predicted molar refractivity (Wildman–Crippen MR) is 134 cm³/mol. The van der Waals surface area contributed by atoms with Crippen LogP contribution in [0.5, 0.6) is 23.0 Å². The Morgan fingerprint density at radius 2 is 1.66 bits per heavy atom. The first-order valence-electron chi connectivity index (χ1n) is 12.0. The third-order valence-electron chi connectivity index (χ3n) is 7.29. The van der Waals surface area contributed by atoms with Gasteiger partial charge in [0, 0.05) is 18.7 Å². The Kier molecular flexibility index (Phi) is 6.39. The zero-order valence-electron chi connectivity index (χ0n) is 20.5. The lowest BCUT2D eigenvalue weighted by Gasteiger charge is -2.31. The van der Waals surface area contributed by atoms with Gasteiger partial charge in [-0.1, -0.05) is 30.3 Å². The fourth-order valence-corrected chi connectivity index (χ4v) is 5.43. The van der Waals surface area contributed by atoms with Gasteiger partial charge < -0.3 is 18.9 Å². The monoisotopic (exact) mass is 473 g/mol. The number of carbonyl (C=O) groups is 1. The number of ether oxygens (including phenoxy) is 4. The fourth-order valence-electron chi connectivity index (χ4n) is 5.43. The van der Waals surface area contributed by atoms with E-state index in [2.05, 4.69) is 17.0 Å². The minimum Gasteiger partial charge on any atom is -0.497 e. The topological polar surface area (TPSA) is 57.2 Å². The van der Waals surface area contributed by atoms with Crippen LogP contribution in [0.1, 0.15) is 35.1 Å². The first kappa shape index (κ1) is 23.2. The van der Waals surface area contributed by atoms with Gasteiger partial charge in [0.25, 0.3) is 0 Å². The summed E-state index contributed by atoms with van der Waals surface area (Å²) in [4.78, 5) is 15.9. The average molecular weight is 474 g/mol. The van der Waals surface area contributed by atoms with Crippen LogP contribution >= 0.6 is 0 Å². The molecule has 3 aromatic rings. The maximum absolute atomic E-state index is 13.4. The number of benzene rings is 3. The molecule has 2 aliphatic rings. The molecular weight excluding hydrogens is 442 g/mol. The first-order valence-corrected chi connectivity index (χ1v) is 12.0. The summed E-state index contributed by atoms with van der Waals surface area (Å²) in [6.07, 6.45) is 2.47. The number of methoxy groups -OCH3 is 3. The van der Waals surface area contributed by atoms with Crippen LogP contribution in [0.25, 0.3) is 0 Å². The molecule has 0 saturated carbocycles. The minimum atomic E-state index is -0.838. The molecular formula is C29H31NO5. The van der Waals surface area contributed by atoms with Crippen LogP contribution in [-0.2, 0) is 23.2 Å². The number of rotatable bonds is 8. The quantitative estimate of drug-likeness (QED) is 0.347. The van der Waals surface area contributed by atoms with Crippen molar-refractivity contribution in [3.63, 3.8) is 0 Å². The molecule has 3 aromatic carbocycles. The highest BCUT2D eigenvalue weighted by molar-refractivity contribution is 5.94. The van der Waals surface area contributed by atoms with Crippen LogP contribution in [0.3, 0.4) is 0 Å². The van der Waals surface area contributed by atoms with Crippen molar-refractivity contribution < 1.29 is 23.7 Å². The highest BCUT2D eigenvalue weighted by atomic mass is 16.5. The molecule has 0 spiro atoms. The van der Waals surface area contributed by atoms with E-state index >= 15 is 0 Å². The number of carbonyl (C=O) groups excluding carboxylic acids is 1. The standard InChI is InChI=1S/C29H31NO5/c1-32-23-10-11-25-24(18-23)29(28(31)35-25,22-8-5-4-6-9-22)13-7-14-30-15-12-20-16-26(33-2)27(34-3)17-21(20)19-30/h4-6,8-11,16-18H,7,12-15,19H2,1-3H3. The second-order valence-corrected chi connectivity index (χ2v) is 9.13. The fraction of sp³-hybridized carbons (Fsp3) is 0.345. The van der Waals surface area contributed by atoms with Crippen molar-refractivity contribution in [2.24, 2.45) is 0 Å². The second kappa shape index (κ2) is 9.62. The Bertz CT molecular complexity index is 1230. The molecule has 0 saturated heterocycles. The molecule has 6 heteroatoms. The zero-order valence-corrected chi connectivity index (χ0v) is 20.5. The Balaban J connectivity index is 1.37. The largest absolute Gasteiger partial charge is 0.497 e. The zero-order chi connectivity index (χ0) is 24.4. The van der Waals surface area contributed by atoms with Gasteiger partial charge in [-0.25, -0.2) is 0 Å². The molecule has 0 N–H and O–H groups in total. The predicted octanol–water partition coefficient (Wildman–Crippen LogP) is 4.76. The number of nitrogens with zero attached hydrogens (tertiary/aromatic N) is 1. The molecule has 1 atom stereocenters. The van der Waals surface area contributed by atoms with Gasteiger partial charge in [0.15, 0.2) is 11.5 Å². The van der Waals surface area contributed by atoms with Gasteiger partial charge in [0.05, 0.1) is 21.3 Å². The molecule has 182 valence electrons. The smallest absolute Gasteiger partial charge is 0.326 e. The van der Waals surface area contributed by atoms with E-state index < -0.39 is 5.41 Å². The molecule has 0 bridgehead atoms. The van der Waals surface area contributed by atoms with Gasteiger partial charge in [0.1, 0.15) is 16.9 Å². The SMILES string of the molecule is COc1ccc2c(c1)C(CCCN1CCc3cc(OC)c(OC)cc3C1)(c1ccccc1)C(=O)O2. The molecule has 1 unspecified atom stereocenters. The summed E-state index contributed by atoms with van der Waals surface area (Å²) in [5.41, 5.74) is 3.57. The summed E-state index contributed by atoms with van der Waals surface area (Å²) in [6.45, 7) is 2.70. The molecule has 0 aromatic heterocycles. The maximum Gasteiger partial charge on any atom is 0.326 e. The van der Waals surface area contributed by atoms with Crippen molar-refractivity contribution in [2.75, 3.05) is 34.4 Å². The van der Waals surface area contributed by atoms with Gasteiger partial charge in [0.2, 0.25) is 0 Å². The van der Waals surface area contributed by atoms with E-state index in [9.17, 15) is 4.79 Å². The van der Waals surface area contributed by atoms with Crippen molar-refractivity contribution in [1.29, 1.82) is 0 Å². The second-order valence-electron chi connectivity index (χ2n) is 9.13. The Hall–Kier alpha value is -3.51. The van der Waals surface area contributed by atoms with E-state index in [1.807, 2.05) is 48.5 Å². The van der Waals surface area contributed by atoms with Crippen molar-refractivity contribution >= 4 is 5.97 Å². The van der Waals surface area contributed by atoms with Crippen molar-refractivity contribution in [3.05, 3.63) is 82.9 Å². The molecule has 2 aliphatic heterocycles. The van der Waals surface area contributed by atoms with Crippen LogP contribution in [0.15, 0.2) is 60.7 Å². The molecule has 0 fully saturated rings. The van der Waals surface area contributed by atoms with Crippen molar-refractivity contribution in [3.8, 4) is 23.0 Å². The summed E-state index contributed by atoms with van der Waals surface area (Å²) >= 11 is 0. The van der Waals surface area contributed by atoms with Gasteiger partial charge in [-0.05, 0) is 72.8 Å². The van der Waals surface area contributed by atoms with Crippen molar-refractivity contribution in [1.82, 2.24) is 4.90 Å². The van der Waals surface area contributed by atoms with Crippen LogP contribution in [0.2, 0.25) is 0 Å². The number of fused-ring (bicyclic) bond motifs is 2. The molecule has 35 heavy (non-hydrogen) atoms. The summed E-state index contributed by atoms with van der Waals surface area (Å²) in [6, 6.07) is 19.8. The van der Waals surface area contributed by atoms with Gasteiger partial charge >= 0.3 is 5.97 Å². The summed E-state index contributed by atoms with van der Waals surface area (Å²) in [5.74, 6) is 2.66. The van der Waals surface area contributed by atoms with Crippen LogP contribution in [-0.4, -0.2) is 45.3 Å². The van der Waals surface area contributed by atoms with Crippen LogP contribution in [0.4, 0.5) is 0 Å². The molecule has 0 aliphatic carbocycles. The lowest BCUT2D eigenvalue weighted by Crippen LogP contribution is -2.37. The third kappa shape index (κ3) is 4.12. The average Bonchev–Trinajstić information content (AvgIpc) is 3.19. The summed E-state index contributed by atoms with van der Waals surface area (Å²) in [7, 11) is 4.98. The van der Waals surface area contributed by atoms with Gasteiger partial charge in [-0.3, -0.25) is 9.69 Å². The van der Waals surface area contributed by atoms with Crippen LogP contribution < -0.4 is 18.9 Å². The lowest BCUT2D eigenvalue weighted by molar-refractivity contribution is -0.137. The molecule has 0 amide bonds. The lowest BCUT2D eigenvalue weighted by atomic mass is 9.72. The number of hydrogen-bond acceptors (Lipinski definition) is 6. The summed E-state index contributed by atoms with van der Waals surface area (Å²) in [5, 5.41) is 0. The molecule has 0 radical (unpaired) electrons. The molecule has 6 nitrogen and oxygen atoms in total. The normalized spacial score (nSPS) is 19.0. The van der Waals surface area contributed by atoms with E-state index in [1.54, 1.807) is 21.3 Å². The van der Waals surface area contributed by atoms with Crippen LogP contribution in [0, 0.1) is 0 Å². The molecule has 5 rings (SSSR count). The van der Waals surface area contributed by atoms with E-state index in [0.717, 1.165) is 60.9 Å². The van der Waals surface area contributed by atoms with E-state index in [-0.39, 0.29) is 5.97 Å². The van der Waals surface area contributed by atoms with Crippen molar-refractivity contribution in [2.45, 2.75) is 31.2 Å². The van der Waals surface area contributed by atoms with E-state index in [0.29, 0.717) is 12.2 Å². The van der Waals surface area contributed by atoms with Gasteiger partial charge in [-0.2, -0.15) is 0 Å². The Labute approximate surface area is 206 Å². The van der Waals surface area contributed by atoms with Gasteiger partial charge in [-0.15, -0.1) is 0 Å². The summed E-state index contributed by atoms with van der Waals surface area (Å²) < 4.78 is 22.2.